The SMILES string of the molecule is COCCOCCOCc1occc1CNC(C)(C)C. The fourth-order valence-corrected chi connectivity index (χ4v) is 1.54. The molecule has 0 bridgehead atoms. The molecule has 0 aliphatic heterocycles. The molecule has 1 aromatic heterocycles. The Bertz CT molecular complexity index is 357. The molecule has 1 aromatic rings. The molecule has 1 rings (SSSR count). The van der Waals surface area contributed by atoms with Crippen LogP contribution in [0.25, 0.3) is 0 Å². The van der Waals surface area contributed by atoms with Crippen LogP contribution in [-0.2, 0) is 27.4 Å². The van der Waals surface area contributed by atoms with Crippen LogP contribution >= 0.6 is 0 Å². The highest BCUT2D eigenvalue weighted by Crippen LogP contribution is 2.13. The van der Waals surface area contributed by atoms with Gasteiger partial charge in [-0.05, 0) is 26.8 Å². The molecule has 0 atom stereocenters. The smallest absolute Gasteiger partial charge is 0.133 e. The monoisotopic (exact) mass is 285 g/mol. The lowest BCUT2D eigenvalue weighted by molar-refractivity contribution is 0.0159. The fourth-order valence-electron chi connectivity index (χ4n) is 1.54. The topological polar surface area (TPSA) is 52.9 Å². The average molecular weight is 285 g/mol. The van der Waals surface area contributed by atoms with Gasteiger partial charge in [0.25, 0.3) is 0 Å². The molecule has 0 saturated heterocycles. The first kappa shape index (κ1) is 17.2. The number of nitrogens with one attached hydrogen (secondary N) is 1. The standard InChI is InChI=1S/C15H27NO4/c1-15(2,3)16-11-13-5-6-20-14(13)12-19-10-9-18-8-7-17-4/h5-6,16H,7-12H2,1-4H3. The molecule has 0 fully saturated rings. The summed E-state index contributed by atoms with van der Waals surface area (Å²) in [7, 11) is 1.66. The van der Waals surface area contributed by atoms with Gasteiger partial charge in [0.05, 0.1) is 32.7 Å². The minimum absolute atomic E-state index is 0.0879. The lowest BCUT2D eigenvalue weighted by atomic mass is 10.1. The summed E-state index contributed by atoms with van der Waals surface area (Å²) in [6, 6.07) is 1.98. The molecule has 0 aliphatic carbocycles. The Morgan fingerprint density at radius 2 is 1.80 bits per heavy atom. The lowest BCUT2D eigenvalue weighted by Gasteiger charge is -2.20. The van der Waals surface area contributed by atoms with Gasteiger partial charge >= 0.3 is 0 Å². The van der Waals surface area contributed by atoms with Crippen LogP contribution in [0, 0.1) is 0 Å². The van der Waals surface area contributed by atoms with Gasteiger partial charge in [0, 0.05) is 24.8 Å². The van der Waals surface area contributed by atoms with Crippen molar-refractivity contribution < 1.29 is 18.6 Å². The van der Waals surface area contributed by atoms with E-state index < -0.39 is 0 Å². The molecule has 0 saturated carbocycles. The van der Waals surface area contributed by atoms with Gasteiger partial charge in [0.15, 0.2) is 0 Å². The molecule has 0 unspecified atom stereocenters. The molecular weight excluding hydrogens is 258 g/mol. The second-order valence-electron chi connectivity index (χ2n) is 5.63. The largest absolute Gasteiger partial charge is 0.467 e. The Morgan fingerprint density at radius 1 is 1.10 bits per heavy atom. The summed E-state index contributed by atoms with van der Waals surface area (Å²) in [5.41, 5.74) is 1.23. The lowest BCUT2D eigenvalue weighted by Crippen LogP contribution is -2.35. The van der Waals surface area contributed by atoms with Crippen LogP contribution in [0.3, 0.4) is 0 Å². The molecule has 0 aliphatic rings. The van der Waals surface area contributed by atoms with Gasteiger partial charge < -0.3 is 23.9 Å². The first-order chi connectivity index (χ1) is 9.53. The van der Waals surface area contributed by atoms with E-state index in [4.69, 9.17) is 18.6 Å². The molecule has 5 heteroatoms. The van der Waals surface area contributed by atoms with E-state index >= 15 is 0 Å². The molecule has 0 spiro atoms. The molecule has 1 N–H and O–H groups in total. The van der Waals surface area contributed by atoms with Crippen molar-refractivity contribution in [1.82, 2.24) is 5.32 Å². The van der Waals surface area contributed by atoms with Gasteiger partial charge in [-0.15, -0.1) is 0 Å². The van der Waals surface area contributed by atoms with Crippen LogP contribution in [0.2, 0.25) is 0 Å². The number of methoxy groups -OCH3 is 1. The highest BCUT2D eigenvalue weighted by molar-refractivity contribution is 5.16. The van der Waals surface area contributed by atoms with E-state index in [0.29, 0.717) is 33.0 Å². The first-order valence-electron chi connectivity index (χ1n) is 6.97. The summed E-state index contributed by atoms with van der Waals surface area (Å²) in [5, 5.41) is 3.44. The van der Waals surface area contributed by atoms with Gasteiger partial charge in [-0.2, -0.15) is 0 Å². The van der Waals surface area contributed by atoms with E-state index in [1.807, 2.05) is 6.07 Å². The Hall–Kier alpha value is -0.880. The fraction of sp³-hybridized carbons (Fsp3) is 0.733. The summed E-state index contributed by atoms with van der Waals surface area (Å²) < 4.78 is 21.2. The van der Waals surface area contributed by atoms with Crippen molar-refractivity contribution in [1.29, 1.82) is 0 Å². The van der Waals surface area contributed by atoms with Crippen LogP contribution in [0.4, 0.5) is 0 Å². The molecule has 0 amide bonds. The number of ether oxygens (including phenoxy) is 3. The van der Waals surface area contributed by atoms with E-state index in [1.165, 1.54) is 0 Å². The maximum atomic E-state index is 5.54. The van der Waals surface area contributed by atoms with E-state index in [9.17, 15) is 0 Å². The van der Waals surface area contributed by atoms with Crippen LogP contribution < -0.4 is 5.32 Å². The van der Waals surface area contributed by atoms with Gasteiger partial charge in [0.1, 0.15) is 12.4 Å². The Kier molecular flexibility index (Phi) is 7.84. The van der Waals surface area contributed by atoms with Crippen molar-refractivity contribution in [3.63, 3.8) is 0 Å². The van der Waals surface area contributed by atoms with Crippen molar-refractivity contribution in [3.05, 3.63) is 23.7 Å². The molecule has 0 radical (unpaired) electrons. The van der Waals surface area contributed by atoms with E-state index in [1.54, 1.807) is 13.4 Å². The van der Waals surface area contributed by atoms with Crippen LogP contribution in [0.5, 0.6) is 0 Å². The number of hydrogen-bond donors (Lipinski definition) is 1. The third-order valence-electron chi connectivity index (χ3n) is 2.68. The van der Waals surface area contributed by atoms with Gasteiger partial charge in [-0.3, -0.25) is 0 Å². The van der Waals surface area contributed by atoms with Gasteiger partial charge in [0.2, 0.25) is 0 Å². The number of hydrogen-bond acceptors (Lipinski definition) is 5. The second kappa shape index (κ2) is 9.13. The zero-order valence-electron chi connectivity index (χ0n) is 13.0. The number of furan rings is 1. The number of rotatable bonds is 10. The Labute approximate surface area is 121 Å². The molecule has 5 nitrogen and oxygen atoms in total. The highest BCUT2D eigenvalue weighted by atomic mass is 16.5. The van der Waals surface area contributed by atoms with Crippen LogP contribution in [0.15, 0.2) is 16.7 Å². The summed E-state index contributed by atoms with van der Waals surface area (Å²) in [4.78, 5) is 0. The third kappa shape index (κ3) is 7.65. The van der Waals surface area contributed by atoms with E-state index in [0.717, 1.165) is 17.9 Å². The minimum atomic E-state index is 0.0879. The van der Waals surface area contributed by atoms with Crippen molar-refractivity contribution >= 4 is 0 Å². The second-order valence-corrected chi connectivity index (χ2v) is 5.63. The van der Waals surface area contributed by atoms with Crippen molar-refractivity contribution in [2.75, 3.05) is 33.5 Å². The summed E-state index contributed by atoms with van der Waals surface area (Å²) in [5.74, 6) is 0.874. The molecular formula is C15H27NO4. The predicted molar refractivity (Wildman–Crippen MR) is 77.7 cm³/mol. The zero-order chi connectivity index (χ0) is 14.8. The molecule has 116 valence electrons. The quantitative estimate of drug-likeness (QED) is 0.669. The first-order valence-corrected chi connectivity index (χ1v) is 6.97. The van der Waals surface area contributed by atoms with Gasteiger partial charge in [-0.1, -0.05) is 0 Å². The molecule has 20 heavy (non-hydrogen) atoms. The van der Waals surface area contributed by atoms with Crippen LogP contribution in [0.1, 0.15) is 32.1 Å². The van der Waals surface area contributed by atoms with E-state index in [-0.39, 0.29) is 5.54 Å². The Balaban J connectivity index is 2.19. The predicted octanol–water partition coefficient (Wildman–Crippen LogP) is 2.35. The van der Waals surface area contributed by atoms with Crippen LogP contribution in [-0.4, -0.2) is 39.1 Å². The third-order valence-corrected chi connectivity index (χ3v) is 2.68. The maximum absolute atomic E-state index is 5.54. The van der Waals surface area contributed by atoms with Gasteiger partial charge in [-0.25, -0.2) is 0 Å². The summed E-state index contributed by atoms with van der Waals surface area (Å²) >= 11 is 0. The molecule has 0 aromatic carbocycles. The Morgan fingerprint density at radius 3 is 2.50 bits per heavy atom. The average Bonchev–Trinajstić information content (AvgIpc) is 2.82. The summed E-state index contributed by atoms with van der Waals surface area (Å²) in [6.07, 6.45) is 1.70. The summed E-state index contributed by atoms with van der Waals surface area (Å²) in [6.45, 7) is 10.0. The maximum Gasteiger partial charge on any atom is 0.133 e. The van der Waals surface area contributed by atoms with Crippen molar-refractivity contribution in [2.45, 2.75) is 39.5 Å². The normalized spacial score (nSPS) is 12.0. The van der Waals surface area contributed by atoms with E-state index in [2.05, 4.69) is 26.1 Å². The zero-order valence-corrected chi connectivity index (χ0v) is 13.0. The van der Waals surface area contributed by atoms with Crippen molar-refractivity contribution in [3.8, 4) is 0 Å². The minimum Gasteiger partial charge on any atom is -0.467 e. The molecule has 1 heterocycles. The van der Waals surface area contributed by atoms with Crippen molar-refractivity contribution in [2.24, 2.45) is 0 Å². The highest BCUT2D eigenvalue weighted by Gasteiger charge is 2.12.